The molecule has 2 atom stereocenters. The molecule has 0 aromatic rings. The number of carbonyl (C=O) groups excluding carboxylic acids is 1. The SMILES string of the molecule is CC(NC(=O)C1(N)CCCC1)C1CCOC1. The Morgan fingerprint density at radius 1 is 1.50 bits per heavy atom. The van der Waals surface area contributed by atoms with E-state index in [0.717, 1.165) is 45.3 Å². The third kappa shape index (κ3) is 2.38. The van der Waals surface area contributed by atoms with Crippen molar-refractivity contribution in [3.63, 3.8) is 0 Å². The Labute approximate surface area is 96.9 Å². The highest BCUT2D eigenvalue weighted by molar-refractivity contribution is 5.86. The Morgan fingerprint density at radius 2 is 2.19 bits per heavy atom. The first-order valence-electron chi connectivity index (χ1n) is 6.29. The van der Waals surface area contributed by atoms with Gasteiger partial charge in [-0.1, -0.05) is 12.8 Å². The summed E-state index contributed by atoms with van der Waals surface area (Å²) in [6, 6.07) is 0.177. The molecule has 0 aromatic heterocycles. The predicted octanol–water partition coefficient (Wildman–Crippen LogP) is 0.799. The number of nitrogens with one attached hydrogen (secondary N) is 1. The van der Waals surface area contributed by atoms with Crippen molar-refractivity contribution in [3.8, 4) is 0 Å². The molecule has 2 aliphatic rings. The van der Waals surface area contributed by atoms with E-state index in [1.165, 1.54) is 0 Å². The molecule has 0 spiro atoms. The number of hydrogen-bond donors (Lipinski definition) is 2. The van der Waals surface area contributed by atoms with Crippen LogP contribution in [-0.2, 0) is 9.53 Å². The first-order valence-corrected chi connectivity index (χ1v) is 6.29. The zero-order valence-electron chi connectivity index (χ0n) is 10.00. The second-order valence-corrected chi connectivity index (χ2v) is 5.25. The number of ether oxygens (including phenoxy) is 1. The Hall–Kier alpha value is -0.610. The van der Waals surface area contributed by atoms with Gasteiger partial charge in [0.2, 0.25) is 5.91 Å². The molecule has 16 heavy (non-hydrogen) atoms. The van der Waals surface area contributed by atoms with Crippen LogP contribution in [-0.4, -0.2) is 30.7 Å². The minimum atomic E-state index is -0.603. The van der Waals surface area contributed by atoms with Crippen LogP contribution in [0.25, 0.3) is 0 Å². The van der Waals surface area contributed by atoms with E-state index in [0.29, 0.717) is 5.92 Å². The summed E-state index contributed by atoms with van der Waals surface area (Å²) in [6.45, 7) is 3.63. The molecule has 0 aromatic carbocycles. The Balaban J connectivity index is 1.86. The summed E-state index contributed by atoms with van der Waals surface area (Å²) < 4.78 is 5.33. The van der Waals surface area contributed by atoms with Crippen LogP contribution in [0.4, 0.5) is 0 Å². The highest BCUT2D eigenvalue weighted by Gasteiger charge is 2.38. The molecule has 1 aliphatic carbocycles. The molecule has 2 fully saturated rings. The molecule has 3 N–H and O–H groups in total. The zero-order valence-corrected chi connectivity index (χ0v) is 10.00. The van der Waals surface area contributed by atoms with Crippen LogP contribution < -0.4 is 11.1 Å². The van der Waals surface area contributed by atoms with E-state index in [9.17, 15) is 4.79 Å². The fourth-order valence-electron chi connectivity index (χ4n) is 2.65. The molecule has 1 aliphatic heterocycles. The third-order valence-corrected chi connectivity index (χ3v) is 3.98. The van der Waals surface area contributed by atoms with Crippen molar-refractivity contribution in [2.24, 2.45) is 11.7 Å². The van der Waals surface area contributed by atoms with Crippen molar-refractivity contribution in [2.75, 3.05) is 13.2 Å². The summed E-state index contributed by atoms with van der Waals surface area (Å²) in [6.07, 6.45) is 4.84. The predicted molar refractivity (Wildman–Crippen MR) is 61.9 cm³/mol. The van der Waals surface area contributed by atoms with Crippen LogP contribution in [0.3, 0.4) is 0 Å². The number of rotatable bonds is 3. The van der Waals surface area contributed by atoms with Crippen LogP contribution in [0.2, 0.25) is 0 Å². The highest BCUT2D eigenvalue weighted by Crippen LogP contribution is 2.27. The summed E-state index contributed by atoms with van der Waals surface area (Å²) in [4.78, 5) is 12.1. The summed E-state index contributed by atoms with van der Waals surface area (Å²) in [5.41, 5.74) is 5.50. The lowest BCUT2D eigenvalue weighted by Gasteiger charge is -2.27. The Kier molecular flexibility index (Phi) is 3.50. The minimum absolute atomic E-state index is 0.0319. The van der Waals surface area contributed by atoms with Gasteiger partial charge in [0.1, 0.15) is 0 Å². The third-order valence-electron chi connectivity index (χ3n) is 3.98. The number of amides is 1. The standard InChI is InChI=1S/C12H22N2O2/c1-9(10-4-7-16-8-10)14-11(15)12(13)5-2-3-6-12/h9-10H,2-8,13H2,1H3,(H,14,15). The van der Waals surface area contributed by atoms with Crippen molar-refractivity contribution in [3.05, 3.63) is 0 Å². The number of nitrogens with two attached hydrogens (primary N) is 1. The fraction of sp³-hybridized carbons (Fsp3) is 0.917. The van der Waals surface area contributed by atoms with Crippen molar-refractivity contribution < 1.29 is 9.53 Å². The van der Waals surface area contributed by atoms with E-state index in [2.05, 4.69) is 12.2 Å². The Bertz CT molecular complexity index is 256. The summed E-state index contributed by atoms with van der Waals surface area (Å²) in [7, 11) is 0. The highest BCUT2D eigenvalue weighted by atomic mass is 16.5. The molecule has 2 rings (SSSR count). The van der Waals surface area contributed by atoms with Gasteiger partial charge < -0.3 is 15.8 Å². The first-order chi connectivity index (χ1) is 7.62. The summed E-state index contributed by atoms with van der Waals surface area (Å²) >= 11 is 0. The van der Waals surface area contributed by atoms with Crippen LogP contribution in [0.15, 0.2) is 0 Å². The van der Waals surface area contributed by atoms with E-state index in [4.69, 9.17) is 10.5 Å². The van der Waals surface area contributed by atoms with Gasteiger partial charge in [0.25, 0.3) is 0 Å². The summed E-state index contributed by atoms with van der Waals surface area (Å²) in [5, 5.41) is 3.06. The van der Waals surface area contributed by atoms with Gasteiger partial charge in [-0.2, -0.15) is 0 Å². The molecular formula is C12H22N2O2. The van der Waals surface area contributed by atoms with Gasteiger partial charge in [0, 0.05) is 18.6 Å². The molecule has 4 nitrogen and oxygen atoms in total. The van der Waals surface area contributed by atoms with E-state index in [1.54, 1.807) is 0 Å². The van der Waals surface area contributed by atoms with Gasteiger partial charge in [-0.15, -0.1) is 0 Å². The van der Waals surface area contributed by atoms with Gasteiger partial charge in [-0.25, -0.2) is 0 Å². The van der Waals surface area contributed by atoms with Gasteiger partial charge in [0.05, 0.1) is 12.1 Å². The Morgan fingerprint density at radius 3 is 2.75 bits per heavy atom. The van der Waals surface area contributed by atoms with Gasteiger partial charge in [0.15, 0.2) is 0 Å². The molecule has 0 bridgehead atoms. The van der Waals surface area contributed by atoms with Crippen LogP contribution in [0.5, 0.6) is 0 Å². The quantitative estimate of drug-likeness (QED) is 0.748. The normalized spacial score (nSPS) is 30.2. The zero-order chi connectivity index (χ0) is 11.6. The van der Waals surface area contributed by atoms with Crippen molar-refractivity contribution in [2.45, 2.75) is 50.6 Å². The second-order valence-electron chi connectivity index (χ2n) is 5.25. The molecule has 1 saturated carbocycles. The molecular weight excluding hydrogens is 204 g/mol. The molecule has 1 saturated heterocycles. The monoisotopic (exact) mass is 226 g/mol. The van der Waals surface area contributed by atoms with Crippen molar-refractivity contribution in [1.29, 1.82) is 0 Å². The van der Waals surface area contributed by atoms with E-state index < -0.39 is 5.54 Å². The second kappa shape index (κ2) is 4.72. The molecule has 1 heterocycles. The van der Waals surface area contributed by atoms with Gasteiger partial charge in [-0.05, 0) is 26.2 Å². The number of hydrogen-bond acceptors (Lipinski definition) is 3. The van der Waals surface area contributed by atoms with Gasteiger partial charge >= 0.3 is 0 Å². The largest absolute Gasteiger partial charge is 0.381 e. The maximum Gasteiger partial charge on any atom is 0.240 e. The van der Waals surface area contributed by atoms with Crippen LogP contribution in [0, 0.1) is 5.92 Å². The number of carbonyl (C=O) groups is 1. The van der Waals surface area contributed by atoms with E-state index >= 15 is 0 Å². The lowest BCUT2D eigenvalue weighted by molar-refractivity contribution is -0.127. The van der Waals surface area contributed by atoms with E-state index in [1.807, 2.05) is 0 Å². The van der Waals surface area contributed by atoms with Crippen molar-refractivity contribution in [1.82, 2.24) is 5.32 Å². The fourth-order valence-corrected chi connectivity index (χ4v) is 2.65. The molecule has 92 valence electrons. The van der Waals surface area contributed by atoms with Gasteiger partial charge in [-0.3, -0.25) is 4.79 Å². The molecule has 1 amide bonds. The average Bonchev–Trinajstić information content (AvgIpc) is 2.88. The minimum Gasteiger partial charge on any atom is -0.381 e. The smallest absolute Gasteiger partial charge is 0.240 e. The molecule has 4 heteroatoms. The lowest BCUT2D eigenvalue weighted by atomic mass is 9.95. The lowest BCUT2D eigenvalue weighted by Crippen LogP contribution is -2.55. The topological polar surface area (TPSA) is 64.4 Å². The average molecular weight is 226 g/mol. The maximum absolute atomic E-state index is 12.1. The molecule has 0 radical (unpaired) electrons. The van der Waals surface area contributed by atoms with Crippen LogP contribution >= 0.6 is 0 Å². The van der Waals surface area contributed by atoms with E-state index in [-0.39, 0.29) is 11.9 Å². The maximum atomic E-state index is 12.1. The van der Waals surface area contributed by atoms with Crippen LogP contribution in [0.1, 0.15) is 39.0 Å². The first kappa shape index (κ1) is 11.9. The molecule has 2 unspecified atom stereocenters. The summed E-state index contributed by atoms with van der Waals surface area (Å²) in [5.74, 6) is 0.485. The van der Waals surface area contributed by atoms with Crippen molar-refractivity contribution >= 4 is 5.91 Å².